The summed E-state index contributed by atoms with van der Waals surface area (Å²) < 4.78 is 71.1. The molecule has 236 valence electrons. The standard InChI is InChI=1S/C29H29Cl2F2N3O7S/c30-22-14-35(38)15-23(31)21(22)13-26(18-5-10-25(43-29(32)33)27(12-18)41-16-17-3-4-17)42-28(37)24-2-1-11-36(24)44(39,40)20-8-6-19(34)7-9-20/h5-10,12,14-15,17,24,26,29H,1-4,11,13,16,34H2/t24-,26-/m0/s1. The third-order valence-corrected chi connectivity index (χ3v) is 9.97. The number of aromatic nitrogens is 1. The van der Waals surface area contributed by atoms with Gasteiger partial charge in [0.25, 0.3) is 0 Å². The number of alkyl halides is 2. The predicted octanol–water partition coefficient (Wildman–Crippen LogP) is 5.28. The fourth-order valence-corrected chi connectivity index (χ4v) is 7.16. The number of rotatable bonds is 12. The van der Waals surface area contributed by atoms with E-state index in [1.54, 1.807) is 0 Å². The average molecular weight is 673 g/mol. The Morgan fingerprint density at radius 3 is 2.39 bits per heavy atom. The summed E-state index contributed by atoms with van der Waals surface area (Å²) in [5, 5.41) is 11.8. The maximum Gasteiger partial charge on any atom is 0.387 e. The number of benzene rings is 2. The maximum atomic E-state index is 13.7. The molecule has 2 fully saturated rings. The summed E-state index contributed by atoms with van der Waals surface area (Å²) in [4.78, 5) is 13.7. The molecule has 0 unspecified atom stereocenters. The van der Waals surface area contributed by atoms with Gasteiger partial charge in [-0.2, -0.15) is 17.8 Å². The number of nitrogens with zero attached hydrogens (tertiary/aromatic N) is 2. The predicted molar refractivity (Wildman–Crippen MR) is 157 cm³/mol. The molecule has 1 aliphatic carbocycles. The molecule has 0 spiro atoms. The van der Waals surface area contributed by atoms with Crippen LogP contribution in [-0.4, -0.2) is 44.5 Å². The van der Waals surface area contributed by atoms with E-state index in [-0.39, 0.29) is 58.0 Å². The van der Waals surface area contributed by atoms with Crippen LogP contribution in [0, 0.1) is 11.1 Å². The van der Waals surface area contributed by atoms with E-state index in [0.29, 0.717) is 28.3 Å². The second-order valence-electron chi connectivity index (χ2n) is 10.6. The van der Waals surface area contributed by atoms with Crippen LogP contribution in [0.2, 0.25) is 10.0 Å². The number of nitrogens with two attached hydrogens (primary N) is 1. The fraction of sp³-hybridized carbons (Fsp3) is 0.379. The van der Waals surface area contributed by atoms with Crippen molar-refractivity contribution in [2.45, 2.75) is 55.8 Å². The molecule has 1 aliphatic heterocycles. The van der Waals surface area contributed by atoms with E-state index in [1.807, 2.05) is 0 Å². The van der Waals surface area contributed by atoms with Gasteiger partial charge in [-0.25, -0.2) is 8.42 Å². The lowest BCUT2D eigenvalue weighted by molar-refractivity contribution is -0.605. The highest BCUT2D eigenvalue weighted by Crippen LogP contribution is 2.38. The first-order chi connectivity index (χ1) is 20.9. The molecule has 44 heavy (non-hydrogen) atoms. The van der Waals surface area contributed by atoms with Crippen LogP contribution < -0.4 is 19.9 Å². The van der Waals surface area contributed by atoms with Gasteiger partial charge in [-0.15, -0.1) is 0 Å². The van der Waals surface area contributed by atoms with Gasteiger partial charge in [0.05, 0.1) is 11.5 Å². The summed E-state index contributed by atoms with van der Waals surface area (Å²) in [5.74, 6) is -0.716. The number of hydrogen-bond donors (Lipinski definition) is 1. The summed E-state index contributed by atoms with van der Waals surface area (Å²) in [6.07, 6.45) is 3.44. The number of sulfonamides is 1. The molecule has 2 N–H and O–H groups in total. The van der Waals surface area contributed by atoms with Crippen molar-refractivity contribution in [3.05, 3.63) is 81.2 Å². The molecule has 2 atom stereocenters. The lowest BCUT2D eigenvalue weighted by Crippen LogP contribution is -2.41. The summed E-state index contributed by atoms with van der Waals surface area (Å²) in [6.45, 7) is -2.72. The quantitative estimate of drug-likeness (QED) is 0.119. The van der Waals surface area contributed by atoms with Crippen LogP contribution >= 0.6 is 23.2 Å². The molecule has 0 bridgehead atoms. The largest absolute Gasteiger partial charge is 0.619 e. The third-order valence-electron chi connectivity index (χ3n) is 7.40. The molecule has 1 aromatic heterocycles. The Labute approximate surface area is 262 Å². The maximum absolute atomic E-state index is 13.7. The zero-order valence-electron chi connectivity index (χ0n) is 23.2. The minimum atomic E-state index is -4.07. The Balaban J connectivity index is 1.47. The Bertz CT molecular complexity index is 1600. The highest BCUT2D eigenvalue weighted by Gasteiger charge is 2.41. The molecule has 15 heteroatoms. The number of pyridine rings is 1. The zero-order valence-corrected chi connectivity index (χ0v) is 25.5. The van der Waals surface area contributed by atoms with Gasteiger partial charge in [0.1, 0.15) is 22.2 Å². The number of carbonyl (C=O) groups excluding carboxylic acids is 1. The van der Waals surface area contributed by atoms with Crippen molar-refractivity contribution in [3.8, 4) is 11.5 Å². The van der Waals surface area contributed by atoms with E-state index in [1.165, 1.54) is 42.5 Å². The van der Waals surface area contributed by atoms with E-state index < -0.39 is 34.7 Å². The van der Waals surface area contributed by atoms with E-state index in [2.05, 4.69) is 4.74 Å². The first kappa shape index (κ1) is 32.0. The van der Waals surface area contributed by atoms with Crippen LogP contribution in [0.15, 0.2) is 59.8 Å². The van der Waals surface area contributed by atoms with Crippen LogP contribution in [0.1, 0.15) is 42.9 Å². The van der Waals surface area contributed by atoms with Gasteiger partial charge in [-0.05, 0) is 73.6 Å². The molecule has 10 nitrogen and oxygen atoms in total. The lowest BCUT2D eigenvalue weighted by atomic mass is 10.0. The first-order valence-electron chi connectivity index (χ1n) is 13.8. The lowest BCUT2D eigenvalue weighted by Gasteiger charge is -2.26. The third kappa shape index (κ3) is 7.45. The zero-order chi connectivity index (χ0) is 31.6. The van der Waals surface area contributed by atoms with Gasteiger partial charge in [0.15, 0.2) is 23.9 Å². The monoisotopic (exact) mass is 671 g/mol. The molecule has 2 aliphatic rings. The number of esters is 1. The van der Waals surface area contributed by atoms with E-state index >= 15 is 0 Å². The molecule has 1 saturated heterocycles. The molecule has 2 heterocycles. The van der Waals surface area contributed by atoms with Crippen LogP contribution in [-0.2, 0) is 26.0 Å². The second-order valence-corrected chi connectivity index (χ2v) is 13.3. The summed E-state index contributed by atoms with van der Waals surface area (Å²) in [5.41, 5.74) is 6.70. The molecule has 1 saturated carbocycles. The van der Waals surface area contributed by atoms with Gasteiger partial charge in [-0.3, -0.25) is 4.79 Å². The number of nitrogen functional groups attached to an aromatic ring is 1. The van der Waals surface area contributed by atoms with Gasteiger partial charge < -0.3 is 25.2 Å². The molecule has 3 aromatic rings. The number of anilines is 1. The highest BCUT2D eigenvalue weighted by atomic mass is 35.5. The Morgan fingerprint density at radius 2 is 1.75 bits per heavy atom. The topological polar surface area (TPSA) is 135 Å². The van der Waals surface area contributed by atoms with E-state index in [4.69, 9.17) is 38.4 Å². The van der Waals surface area contributed by atoms with Crippen molar-refractivity contribution in [1.82, 2.24) is 4.31 Å². The summed E-state index contributed by atoms with van der Waals surface area (Å²) in [7, 11) is -4.07. The smallest absolute Gasteiger partial charge is 0.387 e. The van der Waals surface area contributed by atoms with Crippen molar-refractivity contribution in [2.24, 2.45) is 5.92 Å². The van der Waals surface area contributed by atoms with Gasteiger partial charge in [0, 0.05) is 24.2 Å². The number of halogens is 4. The van der Waals surface area contributed by atoms with Crippen LogP contribution in [0.3, 0.4) is 0 Å². The minimum absolute atomic E-state index is 0.00447. The first-order valence-corrected chi connectivity index (χ1v) is 16.0. The van der Waals surface area contributed by atoms with Crippen LogP contribution in [0.25, 0.3) is 0 Å². The number of ether oxygens (including phenoxy) is 3. The fourth-order valence-electron chi connectivity index (χ4n) is 4.92. The van der Waals surface area contributed by atoms with Crippen LogP contribution in [0.5, 0.6) is 11.5 Å². The van der Waals surface area contributed by atoms with Crippen molar-refractivity contribution >= 4 is 44.9 Å². The van der Waals surface area contributed by atoms with Crippen molar-refractivity contribution in [3.63, 3.8) is 0 Å². The number of carbonyl (C=O) groups is 1. The average Bonchev–Trinajstić information content (AvgIpc) is 3.65. The van der Waals surface area contributed by atoms with Crippen molar-refractivity contribution in [1.29, 1.82) is 0 Å². The highest BCUT2D eigenvalue weighted by molar-refractivity contribution is 7.89. The molecule has 2 aromatic carbocycles. The van der Waals surface area contributed by atoms with E-state index in [0.717, 1.165) is 29.5 Å². The van der Waals surface area contributed by atoms with Gasteiger partial charge in [-0.1, -0.05) is 29.3 Å². The minimum Gasteiger partial charge on any atom is -0.619 e. The Hall–Kier alpha value is -3.39. The van der Waals surface area contributed by atoms with Crippen molar-refractivity contribution in [2.75, 3.05) is 18.9 Å². The van der Waals surface area contributed by atoms with Crippen LogP contribution in [0.4, 0.5) is 14.5 Å². The summed E-state index contributed by atoms with van der Waals surface area (Å²) in [6, 6.07) is 8.62. The Kier molecular flexibility index (Phi) is 9.68. The van der Waals surface area contributed by atoms with Gasteiger partial charge in [0.2, 0.25) is 10.0 Å². The van der Waals surface area contributed by atoms with Crippen molar-refractivity contribution < 1.29 is 40.9 Å². The normalized spacial score (nSPS) is 17.9. The molecule has 0 amide bonds. The second kappa shape index (κ2) is 13.3. The molecular formula is C29H29Cl2F2N3O7S. The molecular weight excluding hydrogens is 643 g/mol. The molecule has 0 radical (unpaired) electrons. The Morgan fingerprint density at radius 1 is 1.07 bits per heavy atom. The van der Waals surface area contributed by atoms with E-state index in [9.17, 15) is 27.2 Å². The number of hydrogen-bond acceptors (Lipinski definition) is 8. The molecule has 5 rings (SSSR count). The summed E-state index contributed by atoms with van der Waals surface area (Å²) >= 11 is 12.7. The SMILES string of the molecule is Nc1ccc(S(=O)(=O)N2CCC[C@H]2C(=O)O[C@@H](Cc2c(Cl)c[n+]([O-])cc2Cl)c2ccc(OC(F)F)c(OCC3CC3)c2)cc1. The van der Waals surface area contributed by atoms with Gasteiger partial charge >= 0.3 is 12.6 Å².